The van der Waals surface area contributed by atoms with Gasteiger partial charge in [-0.3, -0.25) is 14.9 Å². The zero-order valence-electron chi connectivity index (χ0n) is 18.7. The molecule has 0 fully saturated rings. The van der Waals surface area contributed by atoms with Crippen LogP contribution in [0, 0.1) is 0 Å². The second-order valence-corrected chi connectivity index (χ2v) is 9.28. The van der Waals surface area contributed by atoms with E-state index in [4.69, 9.17) is 27.9 Å². The summed E-state index contributed by atoms with van der Waals surface area (Å²) in [7, 11) is 0. The Labute approximate surface area is 220 Å². The van der Waals surface area contributed by atoms with Gasteiger partial charge in [-0.2, -0.15) is 5.10 Å². The van der Waals surface area contributed by atoms with Gasteiger partial charge in [-0.15, -0.1) is 10.2 Å². The van der Waals surface area contributed by atoms with Crippen LogP contribution in [0.15, 0.2) is 77.9 Å². The molecule has 0 aliphatic rings. The molecule has 0 bridgehead atoms. The van der Waals surface area contributed by atoms with E-state index in [-0.39, 0.29) is 12.3 Å². The Balaban J connectivity index is 1.34. The van der Waals surface area contributed by atoms with Gasteiger partial charge in [0.2, 0.25) is 11.0 Å². The van der Waals surface area contributed by atoms with Crippen LogP contribution in [0.4, 0.5) is 5.13 Å². The number of ether oxygens (including phenoxy) is 1. The van der Waals surface area contributed by atoms with Crippen molar-refractivity contribution in [3.63, 3.8) is 0 Å². The first-order valence-electron chi connectivity index (χ1n) is 10.6. The SMILES string of the molecule is O=C(Cc1nnc(NC(=O)c2ccccc2)s1)NN=Cc1cc(Cl)cc(Cl)c1OCc1ccccc1. The van der Waals surface area contributed by atoms with Gasteiger partial charge in [-0.05, 0) is 29.8 Å². The van der Waals surface area contributed by atoms with Gasteiger partial charge in [-0.1, -0.05) is 83.1 Å². The summed E-state index contributed by atoms with van der Waals surface area (Å²) >= 11 is 13.6. The molecule has 0 spiro atoms. The predicted molar refractivity (Wildman–Crippen MR) is 141 cm³/mol. The van der Waals surface area contributed by atoms with Crippen molar-refractivity contribution in [1.29, 1.82) is 0 Å². The highest BCUT2D eigenvalue weighted by Crippen LogP contribution is 2.32. The van der Waals surface area contributed by atoms with Crippen molar-refractivity contribution in [3.8, 4) is 5.75 Å². The normalized spacial score (nSPS) is 10.8. The van der Waals surface area contributed by atoms with Crippen molar-refractivity contribution in [2.45, 2.75) is 13.0 Å². The zero-order chi connectivity index (χ0) is 25.3. The summed E-state index contributed by atoms with van der Waals surface area (Å²) in [4.78, 5) is 24.6. The highest BCUT2D eigenvalue weighted by molar-refractivity contribution is 7.15. The summed E-state index contributed by atoms with van der Waals surface area (Å²) in [5.41, 5.74) is 4.40. The monoisotopic (exact) mass is 539 g/mol. The predicted octanol–water partition coefficient (Wildman–Crippen LogP) is 5.37. The number of benzene rings is 3. The molecule has 8 nitrogen and oxygen atoms in total. The minimum absolute atomic E-state index is 0.0656. The van der Waals surface area contributed by atoms with E-state index >= 15 is 0 Å². The number of anilines is 1. The molecule has 0 unspecified atom stereocenters. The number of amides is 2. The Bertz CT molecular complexity index is 1380. The number of carbonyl (C=O) groups is 2. The van der Waals surface area contributed by atoms with Crippen LogP contribution in [0.5, 0.6) is 5.75 Å². The Morgan fingerprint density at radius 2 is 1.72 bits per heavy atom. The van der Waals surface area contributed by atoms with Gasteiger partial charge in [0.1, 0.15) is 17.4 Å². The van der Waals surface area contributed by atoms with Crippen LogP contribution in [0.3, 0.4) is 0 Å². The molecule has 4 rings (SSSR count). The molecule has 0 saturated heterocycles. The lowest BCUT2D eigenvalue weighted by atomic mass is 10.2. The molecule has 0 aliphatic heterocycles. The van der Waals surface area contributed by atoms with Crippen molar-refractivity contribution in [2.24, 2.45) is 5.10 Å². The third-order valence-electron chi connectivity index (χ3n) is 4.69. The van der Waals surface area contributed by atoms with Crippen LogP contribution in [-0.2, 0) is 17.8 Å². The van der Waals surface area contributed by atoms with E-state index in [1.54, 1.807) is 36.4 Å². The van der Waals surface area contributed by atoms with Crippen molar-refractivity contribution >= 4 is 57.7 Å². The van der Waals surface area contributed by atoms with E-state index in [9.17, 15) is 9.59 Å². The van der Waals surface area contributed by atoms with E-state index in [1.807, 2.05) is 36.4 Å². The number of aromatic nitrogens is 2. The Kier molecular flexibility index (Phi) is 8.62. The molecular weight excluding hydrogens is 521 g/mol. The molecule has 2 amide bonds. The number of nitrogens with one attached hydrogen (secondary N) is 2. The second-order valence-electron chi connectivity index (χ2n) is 7.37. The highest BCUT2D eigenvalue weighted by atomic mass is 35.5. The fraction of sp³-hybridized carbons (Fsp3) is 0.0800. The Hall–Kier alpha value is -3.79. The van der Waals surface area contributed by atoms with Gasteiger partial charge in [0, 0.05) is 16.1 Å². The minimum Gasteiger partial charge on any atom is -0.487 e. The summed E-state index contributed by atoms with van der Waals surface area (Å²) in [5.74, 6) is -0.327. The molecule has 0 atom stereocenters. The van der Waals surface area contributed by atoms with Gasteiger partial charge in [0.25, 0.3) is 5.91 Å². The van der Waals surface area contributed by atoms with Crippen LogP contribution in [0.1, 0.15) is 26.5 Å². The smallest absolute Gasteiger partial charge is 0.257 e. The van der Waals surface area contributed by atoms with Crippen molar-refractivity contribution in [2.75, 3.05) is 5.32 Å². The fourth-order valence-electron chi connectivity index (χ4n) is 3.04. The number of rotatable bonds is 9. The van der Waals surface area contributed by atoms with Crippen molar-refractivity contribution in [1.82, 2.24) is 15.6 Å². The number of hydrogen-bond donors (Lipinski definition) is 2. The van der Waals surface area contributed by atoms with Crippen molar-refractivity contribution < 1.29 is 14.3 Å². The van der Waals surface area contributed by atoms with E-state index < -0.39 is 5.91 Å². The lowest BCUT2D eigenvalue weighted by Crippen LogP contribution is -2.19. The van der Waals surface area contributed by atoms with E-state index in [2.05, 4.69) is 26.0 Å². The molecule has 1 heterocycles. The molecule has 0 saturated carbocycles. The number of hydrazone groups is 1. The maximum absolute atomic E-state index is 12.3. The topological polar surface area (TPSA) is 106 Å². The molecule has 4 aromatic rings. The van der Waals surface area contributed by atoms with Crippen LogP contribution in [0.2, 0.25) is 10.0 Å². The molecular formula is C25H19Cl2N5O3S. The average Bonchev–Trinajstić information content (AvgIpc) is 3.31. The number of halogens is 2. The minimum atomic E-state index is -0.414. The van der Waals surface area contributed by atoms with Crippen LogP contribution in [-0.4, -0.2) is 28.2 Å². The quantitative estimate of drug-likeness (QED) is 0.219. The molecule has 2 N–H and O–H groups in total. The highest BCUT2D eigenvalue weighted by Gasteiger charge is 2.13. The summed E-state index contributed by atoms with van der Waals surface area (Å²) in [6.07, 6.45) is 1.34. The average molecular weight is 540 g/mol. The standard InChI is InChI=1S/C25H19Cl2N5O3S/c26-19-11-18(23(20(27)12-19)35-15-16-7-3-1-4-8-16)14-28-30-21(33)13-22-31-32-25(36-22)29-24(34)17-9-5-2-6-10-17/h1-12,14H,13,15H2,(H,30,33)(H,29,32,34). The first kappa shape index (κ1) is 25.3. The first-order valence-corrected chi connectivity index (χ1v) is 12.2. The van der Waals surface area contributed by atoms with Crippen molar-refractivity contribution in [3.05, 3.63) is 105 Å². The maximum Gasteiger partial charge on any atom is 0.257 e. The maximum atomic E-state index is 12.3. The number of hydrogen-bond acceptors (Lipinski definition) is 7. The number of nitrogens with zero attached hydrogens (tertiary/aromatic N) is 3. The van der Waals surface area contributed by atoms with Crippen LogP contribution < -0.4 is 15.5 Å². The molecule has 0 radical (unpaired) electrons. The van der Waals surface area contributed by atoms with Gasteiger partial charge < -0.3 is 4.74 Å². The number of carbonyl (C=O) groups excluding carboxylic acids is 2. The third-order valence-corrected chi connectivity index (χ3v) is 6.03. The molecule has 0 aliphatic carbocycles. The summed E-state index contributed by atoms with van der Waals surface area (Å²) in [5, 5.41) is 16.0. The van der Waals surface area contributed by atoms with Gasteiger partial charge in [-0.25, -0.2) is 5.43 Å². The fourth-order valence-corrected chi connectivity index (χ4v) is 4.34. The van der Waals surface area contributed by atoms with Gasteiger partial charge in [0.05, 0.1) is 17.7 Å². The molecule has 11 heteroatoms. The lowest BCUT2D eigenvalue weighted by molar-refractivity contribution is -0.120. The second kappa shape index (κ2) is 12.3. The van der Waals surface area contributed by atoms with E-state index in [0.717, 1.165) is 16.9 Å². The molecule has 36 heavy (non-hydrogen) atoms. The van der Waals surface area contributed by atoms with Gasteiger partial charge >= 0.3 is 0 Å². The summed E-state index contributed by atoms with van der Waals surface area (Å²) < 4.78 is 5.88. The molecule has 1 aromatic heterocycles. The van der Waals surface area contributed by atoms with E-state index in [1.165, 1.54) is 6.21 Å². The summed E-state index contributed by atoms with van der Waals surface area (Å²) in [6, 6.07) is 21.6. The Morgan fingerprint density at radius 3 is 2.47 bits per heavy atom. The first-order chi connectivity index (χ1) is 17.5. The zero-order valence-corrected chi connectivity index (χ0v) is 21.0. The third kappa shape index (κ3) is 7.11. The largest absolute Gasteiger partial charge is 0.487 e. The summed E-state index contributed by atoms with van der Waals surface area (Å²) in [6.45, 7) is 0.301. The molecule has 3 aromatic carbocycles. The molecule has 182 valence electrons. The van der Waals surface area contributed by atoms with Crippen LogP contribution >= 0.6 is 34.5 Å². The van der Waals surface area contributed by atoms with Gasteiger partial charge in [0.15, 0.2) is 0 Å². The van der Waals surface area contributed by atoms with E-state index in [0.29, 0.717) is 43.7 Å². The Morgan fingerprint density at radius 1 is 1.00 bits per heavy atom. The van der Waals surface area contributed by atoms with Crippen LogP contribution in [0.25, 0.3) is 0 Å². The lowest BCUT2D eigenvalue weighted by Gasteiger charge is -2.11.